The molecule has 2 heterocycles. The molecule has 0 amide bonds. The van der Waals surface area contributed by atoms with E-state index in [4.69, 9.17) is 19.3 Å². The van der Waals surface area contributed by atoms with E-state index in [1.54, 1.807) is 0 Å². The van der Waals surface area contributed by atoms with Gasteiger partial charge in [-0.2, -0.15) is 0 Å². The van der Waals surface area contributed by atoms with Gasteiger partial charge < -0.3 is 39.7 Å². The van der Waals surface area contributed by atoms with Crippen LogP contribution in [0.2, 0.25) is 0 Å². The van der Waals surface area contributed by atoms with Gasteiger partial charge in [0, 0.05) is 5.25 Å². The number of hydrogen-bond acceptors (Lipinski definition) is 9. The highest BCUT2D eigenvalue weighted by Gasteiger charge is 2.46. The molecule has 0 spiro atoms. The number of aliphatic hydroxyl groups is 5. The maximum atomic E-state index is 10.2. The lowest BCUT2D eigenvalue weighted by molar-refractivity contribution is -0.254. The van der Waals surface area contributed by atoms with Gasteiger partial charge >= 0.3 is 0 Å². The van der Waals surface area contributed by atoms with Crippen molar-refractivity contribution in [3.8, 4) is 0 Å². The van der Waals surface area contributed by atoms with E-state index in [2.05, 4.69) is 0 Å². The molecule has 23 heavy (non-hydrogen) atoms. The molecule has 8 atom stereocenters. The van der Waals surface area contributed by atoms with Crippen molar-refractivity contribution in [2.24, 2.45) is 0 Å². The average molecular weight is 354 g/mol. The summed E-state index contributed by atoms with van der Waals surface area (Å²) in [6.07, 6.45) is -5.27. The van der Waals surface area contributed by atoms with E-state index >= 15 is 0 Å². The SMILES string of the molecule is CC(C)O[C@H]1O[C@H](CO)[C@H](S[C@@H]2O[C@H](CO)[C@@H](O)[C@H]2O)C[C@H]1O. The molecule has 0 saturated carbocycles. The van der Waals surface area contributed by atoms with E-state index in [1.165, 1.54) is 11.8 Å². The fraction of sp³-hybridized carbons (Fsp3) is 1.00. The minimum Gasteiger partial charge on any atom is -0.394 e. The van der Waals surface area contributed by atoms with Crippen LogP contribution in [0.5, 0.6) is 0 Å². The molecule has 136 valence electrons. The summed E-state index contributed by atoms with van der Waals surface area (Å²) in [5.41, 5.74) is -0.764. The van der Waals surface area contributed by atoms with Gasteiger partial charge in [-0.15, -0.1) is 11.8 Å². The quantitative estimate of drug-likeness (QED) is 0.384. The van der Waals surface area contributed by atoms with Gasteiger partial charge in [-0.25, -0.2) is 0 Å². The first-order chi connectivity index (χ1) is 10.9. The van der Waals surface area contributed by atoms with Crippen LogP contribution in [0, 0.1) is 0 Å². The standard InChI is InChI=1S/C14H26O8S/c1-6(2)20-13-7(17)3-10(8(4-15)21-13)23-14-12(19)11(18)9(5-16)22-14/h6-19H,3-5H2,1-2H3/t7-,8-,9-,10-,11-,12-,13+,14+/m1/s1. The maximum Gasteiger partial charge on any atom is 0.184 e. The van der Waals surface area contributed by atoms with Gasteiger partial charge in [0.25, 0.3) is 0 Å². The zero-order valence-corrected chi connectivity index (χ0v) is 14.0. The third kappa shape index (κ3) is 4.56. The second kappa shape index (κ2) is 8.41. The van der Waals surface area contributed by atoms with Gasteiger partial charge in [0.05, 0.1) is 25.4 Å². The van der Waals surface area contributed by atoms with E-state index in [-0.39, 0.29) is 18.0 Å². The third-order valence-electron chi connectivity index (χ3n) is 3.91. The first kappa shape index (κ1) is 19.4. The Bertz CT molecular complexity index is 371. The van der Waals surface area contributed by atoms with Crippen LogP contribution in [0.15, 0.2) is 0 Å². The molecule has 2 rings (SSSR count). The van der Waals surface area contributed by atoms with E-state index < -0.39 is 48.9 Å². The molecule has 2 fully saturated rings. The summed E-state index contributed by atoms with van der Waals surface area (Å²) in [5, 5.41) is 48.2. The Labute approximate surface area is 139 Å². The number of rotatable bonds is 6. The second-order valence-corrected chi connectivity index (χ2v) is 7.44. The lowest BCUT2D eigenvalue weighted by Crippen LogP contribution is -2.50. The van der Waals surface area contributed by atoms with E-state index in [0.717, 1.165) is 0 Å². The summed E-state index contributed by atoms with van der Waals surface area (Å²) in [5.74, 6) is 0. The fourth-order valence-electron chi connectivity index (χ4n) is 2.70. The topological polar surface area (TPSA) is 129 Å². The van der Waals surface area contributed by atoms with Gasteiger partial charge in [0.2, 0.25) is 0 Å². The lowest BCUT2D eigenvalue weighted by Gasteiger charge is -2.39. The average Bonchev–Trinajstić information content (AvgIpc) is 2.77. The van der Waals surface area contributed by atoms with Crippen molar-refractivity contribution < 1.29 is 39.7 Å². The van der Waals surface area contributed by atoms with E-state index in [1.807, 2.05) is 13.8 Å². The molecule has 9 heteroatoms. The molecule has 0 unspecified atom stereocenters. The summed E-state index contributed by atoms with van der Waals surface area (Å²) >= 11 is 1.17. The molecule has 2 aliphatic rings. The van der Waals surface area contributed by atoms with Crippen molar-refractivity contribution in [1.82, 2.24) is 0 Å². The molecule has 0 aliphatic carbocycles. The van der Waals surface area contributed by atoms with Gasteiger partial charge in [0.1, 0.15) is 29.9 Å². The summed E-state index contributed by atoms with van der Waals surface area (Å²) in [6.45, 7) is 2.98. The van der Waals surface area contributed by atoms with Gasteiger partial charge in [-0.1, -0.05) is 0 Å². The van der Waals surface area contributed by atoms with Crippen LogP contribution in [-0.2, 0) is 14.2 Å². The first-order valence-corrected chi connectivity index (χ1v) is 8.69. The molecule has 0 bridgehead atoms. The molecule has 2 saturated heterocycles. The van der Waals surface area contributed by atoms with Crippen molar-refractivity contribution in [3.63, 3.8) is 0 Å². The van der Waals surface area contributed by atoms with Crippen LogP contribution >= 0.6 is 11.8 Å². The number of thioether (sulfide) groups is 1. The van der Waals surface area contributed by atoms with Gasteiger partial charge in [-0.05, 0) is 20.3 Å². The Balaban J connectivity index is 1.97. The maximum absolute atomic E-state index is 10.2. The van der Waals surface area contributed by atoms with Gasteiger partial charge in [0.15, 0.2) is 6.29 Å². The van der Waals surface area contributed by atoms with Crippen molar-refractivity contribution in [3.05, 3.63) is 0 Å². The van der Waals surface area contributed by atoms with Crippen molar-refractivity contribution in [1.29, 1.82) is 0 Å². The number of aliphatic hydroxyl groups excluding tert-OH is 5. The predicted molar refractivity (Wildman–Crippen MR) is 81.7 cm³/mol. The second-order valence-electron chi connectivity index (χ2n) is 6.09. The zero-order valence-electron chi connectivity index (χ0n) is 13.2. The highest BCUT2D eigenvalue weighted by molar-refractivity contribution is 8.00. The Kier molecular flexibility index (Phi) is 7.08. The summed E-state index contributed by atoms with van der Waals surface area (Å²) in [4.78, 5) is 0. The zero-order chi connectivity index (χ0) is 17.1. The molecule has 0 aromatic rings. The lowest BCUT2D eigenvalue weighted by atomic mass is 10.1. The summed E-state index contributed by atoms with van der Waals surface area (Å²) < 4.78 is 16.5. The van der Waals surface area contributed by atoms with Crippen LogP contribution in [0.3, 0.4) is 0 Å². The van der Waals surface area contributed by atoms with E-state index in [9.17, 15) is 20.4 Å². The normalized spacial score (nSPS) is 44.9. The molecule has 5 N–H and O–H groups in total. The van der Waals surface area contributed by atoms with Crippen molar-refractivity contribution in [2.75, 3.05) is 13.2 Å². The first-order valence-electron chi connectivity index (χ1n) is 7.75. The number of ether oxygens (including phenoxy) is 3. The molecular weight excluding hydrogens is 328 g/mol. The molecule has 2 aliphatic heterocycles. The molecule has 8 nitrogen and oxygen atoms in total. The summed E-state index contributed by atoms with van der Waals surface area (Å²) in [7, 11) is 0. The minimum atomic E-state index is -1.17. The number of hydrogen-bond donors (Lipinski definition) is 5. The highest BCUT2D eigenvalue weighted by atomic mass is 32.2. The molecular formula is C14H26O8S. The van der Waals surface area contributed by atoms with Crippen molar-refractivity contribution in [2.45, 2.75) is 73.9 Å². The molecule has 0 radical (unpaired) electrons. The van der Waals surface area contributed by atoms with Gasteiger partial charge in [-0.3, -0.25) is 0 Å². The Morgan fingerprint density at radius 2 is 1.70 bits per heavy atom. The van der Waals surface area contributed by atoms with E-state index in [0.29, 0.717) is 6.42 Å². The largest absolute Gasteiger partial charge is 0.394 e. The highest BCUT2D eigenvalue weighted by Crippen LogP contribution is 2.38. The van der Waals surface area contributed by atoms with Crippen molar-refractivity contribution >= 4 is 11.8 Å². The third-order valence-corrected chi connectivity index (χ3v) is 5.41. The summed E-state index contributed by atoms with van der Waals surface area (Å²) in [6, 6.07) is 0. The molecule has 0 aromatic heterocycles. The predicted octanol–water partition coefficient (Wildman–Crippen LogP) is -1.58. The van der Waals surface area contributed by atoms with Crippen LogP contribution in [0.1, 0.15) is 20.3 Å². The Morgan fingerprint density at radius 3 is 2.22 bits per heavy atom. The smallest absolute Gasteiger partial charge is 0.184 e. The fourth-order valence-corrected chi connectivity index (χ4v) is 4.20. The Hall–Kier alpha value is 0.0300. The monoisotopic (exact) mass is 354 g/mol. The van der Waals surface area contributed by atoms with Crippen LogP contribution < -0.4 is 0 Å². The minimum absolute atomic E-state index is 0.126. The van der Waals surface area contributed by atoms with Crippen LogP contribution in [-0.4, -0.2) is 92.3 Å². The van der Waals surface area contributed by atoms with Crippen LogP contribution in [0.4, 0.5) is 0 Å². The molecule has 0 aromatic carbocycles. The Morgan fingerprint density at radius 1 is 1.04 bits per heavy atom. The van der Waals surface area contributed by atoms with Crippen LogP contribution in [0.25, 0.3) is 0 Å².